The normalized spacial score (nSPS) is 13.9. The molecule has 0 fully saturated rings. The average molecular weight is 238 g/mol. The van der Waals surface area contributed by atoms with Crippen LogP contribution in [0.25, 0.3) is 0 Å². The summed E-state index contributed by atoms with van der Waals surface area (Å²) >= 11 is 5.61. The van der Waals surface area contributed by atoms with Crippen LogP contribution in [-0.2, 0) is 0 Å². The number of hydrogen-bond acceptors (Lipinski definition) is 1. The first-order chi connectivity index (χ1) is 6.95. The summed E-state index contributed by atoms with van der Waals surface area (Å²) in [5, 5.41) is 2.82. The van der Waals surface area contributed by atoms with E-state index in [-0.39, 0.29) is 12.1 Å². The Balaban J connectivity index is 2.94. The van der Waals surface area contributed by atoms with E-state index in [0.717, 1.165) is 0 Å². The molecular formula is C10H11ClF3N. The van der Waals surface area contributed by atoms with Crippen molar-refractivity contribution in [2.45, 2.75) is 19.1 Å². The summed E-state index contributed by atoms with van der Waals surface area (Å²) in [6.07, 6.45) is -4.29. The van der Waals surface area contributed by atoms with Gasteiger partial charge in [-0.05, 0) is 24.2 Å². The minimum atomic E-state index is -4.29. The third kappa shape index (κ3) is 3.39. The Morgan fingerprint density at radius 3 is 2.20 bits per heavy atom. The maximum atomic E-state index is 12.6. The molecule has 0 unspecified atom stereocenters. The number of alkyl halides is 3. The number of nitrogens with one attached hydrogen (secondary N) is 1. The van der Waals surface area contributed by atoms with Crippen molar-refractivity contribution in [1.29, 1.82) is 0 Å². The molecule has 0 saturated heterocycles. The van der Waals surface area contributed by atoms with E-state index in [1.54, 1.807) is 6.92 Å². The van der Waals surface area contributed by atoms with Crippen molar-refractivity contribution in [2.75, 3.05) is 6.54 Å². The van der Waals surface area contributed by atoms with Crippen LogP contribution in [0.15, 0.2) is 24.3 Å². The minimum Gasteiger partial charge on any atom is -0.303 e. The lowest BCUT2D eigenvalue weighted by atomic mass is 10.1. The summed E-state index contributed by atoms with van der Waals surface area (Å²) in [6.45, 7) is 1.89. The highest BCUT2D eigenvalue weighted by molar-refractivity contribution is 6.30. The molecule has 1 rings (SSSR count). The first-order valence-corrected chi connectivity index (χ1v) is 4.88. The lowest BCUT2D eigenvalue weighted by Gasteiger charge is -2.21. The van der Waals surface area contributed by atoms with Crippen LogP contribution in [-0.4, -0.2) is 12.7 Å². The van der Waals surface area contributed by atoms with Gasteiger partial charge >= 0.3 is 6.18 Å². The van der Waals surface area contributed by atoms with E-state index in [0.29, 0.717) is 5.02 Å². The van der Waals surface area contributed by atoms with Crippen molar-refractivity contribution in [3.05, 3.63) is 34.9 Å². The van der Waals surface area contributed by atoms with Gasteiger partial charge in [0.1, 0.15) is 6.04 Å². The van der Waals surface area contributed by atoms with Crippen LogP contribution < -0.4 is 5.32 Å². The second kappa shape index (κ2) is 4.86. The van der Waals surface area contributed by atoms with Gasteiger partial charge in [-0.3, -0.25) is 0 Å². The van der Waals surface area contributed by atoms with Gasteiger partial charge in [-0.15, -0.1) is 0 Å². The van der Waals surface area contributed by atoms with E-state index in [4.69, 9.17) is 11.6 Å². The summed E-state index contributed by atoms with van der Waals surface area (Å²) in [6, 6.07) is 4.03. The van der Waals surface area contributed by atoms with E-state index >= 15 is 0 Å². The van der Waals surface area contributed by atoms with Crippen molar-refractivity contribution < 1.29 is 13.2 Å². The number of halogens is 4. The summed E-state index contributed by atoms with van der Waals surface area (Å²) < 4.78 is 37.8. The minimum absolute atomic E-state index is 0.175. The number of rotatable bonds is 3. The Hall–Kier alpha value is -0.740. The molecule has 0 aliphatic carbocycles. The Morgan fingerprint density at radius 2 is 1.80 bits per heavy atom. The quantitative estimate of drug-likeness (QED) is 0.848. The smallest absolute Gasteiger partial charge is 0.303 e. The van der Waals surface area contributed by atoms with Crippen LogP contribution in [0.5, 0.6) is 0 Å². The Bertz CT molecular complexity index is 307. The highest BCUT2D eigenvalue weighted by atomic mass is 35.5. The molecule has 15 heavy (non-hydrogen) atoms. The van der Waals surface area contributed by atoms with Gasteiger partial charge in [-0.25, -0.2) is 0 Å². The zero-order chi connectivity index (χ0) is 11.5. The first-order valence-electron chi connectivity index (χ1n) is 4.50. The summed E-state index contributed by atoms with van der Waals surface area (Å²) in [4.78, 5) is 0. The number of hydrogen-bond donors (Lipinski definition) is 1. The van der Waals surface area contributed by atoms with Crippen molar-refractivity contribution in [3.8, 4) is 0 Å². The van der Waals surface area contributed by atoms with E-state index in [9.17, 15) is 13.2 Å². The summed E-state index contributed by atoms with van der Waals surface area (Å²) in [7, 11) is 0. The fourth-order valence-electron chi connectivity index (χ4n) is 1.28. The van der Waals surface area contributed by atoms with Gasteiger partial charge < -0.3 is 5.32 Å². The Kier molecular flexibility index (Phi) is 3.99. The molecule has 5 heteroatoms. The maximum absolute atomic E-state index is 12.6. The fraction of sp³-hybridized carbons (Fsp3) is 0.400. The Morgan fingerprint density at radius 1 is 1.27 bits per heavy atom. The molecule has 0 radical (unpaired) electrons. The lowest BCUT2D eigenvalue weighted by Crippen LogP contribution is -2.33. The zero-order valence-electron chi connectivity index (χ0n) is 8.11. The van der Waals surface area contributed by atoms with Crippen LogP contribution in [0, 0.1) is 0 Å². The molecule has 0 saturated carbocycles. The second-order valence-corrected chi connectivity index (χ2v) is 3.52. The van der Waals surface area contributed by atoms with Crippen LogP contribution >= 0.6 is 11.6 Å². The molecule has 1 aromatic rings. The average Bonchev–Trinajstić information content (AvgIpc) is 2.14. The lowest BCUT2D eigenvalue weighted by molar-refractivity contribution is -0.157. The predicted octanol–water partition coefficient (Wildman–Crippen LogP) is 3.55. The molecule has 0 aliphatic rings. The van der Waals surface area contributed by atoms with Crippen molar-refractivity contribution >= 4 is 11.6 Å². The molecule has 0 heterocycles. The molecule has 0 spiro atoms. The van der Waals surface area contributed by atoms with Gasteiger partial charge in [0, 0.05) is 5.02 Å². The van der Waals surface area contributed by atoms with E-state index < -0.39 is 12.2 Å². The second-order valence-electron chi connectivity index (χ2n) is 3.08. The largest absolute Gasteiger partial charge is 0.407 e. The summed E-state index contributed by atoms with van der Waals surface area (Å²) in [5.74, 6) is 0. The van der Waals surface area contributed by atoms with Gasteiger partial charge in [-0.1, -0.05) is 30.7 Å². The van der Waals surface area contributed by atoms with Gasteiger partial charge in [0.25, 0.3) is 0 Å². The van der Waals surface area contributed by atoms with Crippen molar-refractivity contribution in [3.63, 3.8) is 0 Å². The monoisotopic (exact) mass is 237 g/mol. The molecule has 84 valence electrons. The molecular weight excluding hydrogens is 227 g/mol. The third-order valence-corrected chi connectivity index (χ3v) is 2.19. The van der Waals surface area contributed by atoms with Crippen LogP contribution in [0.3, 0.4) is 0 Å². The molecule has 1 nitrogen and oxygen atoms in total. The van der Waals surface area contributed by atoms with E-state index in [1.165, 1.54) is 24.3 Å². The third-order valence-electron chi connectivity index (χ3n) is 1.94. The van der Waals surface area contributed by atoms with Gasteiger partial charge in [-0.2, -0.15) is 13.2 Å². The molecule has 0 bridgehead atoms. The number of benzene rings is 1. The highest BCUT2D eigenvalue weighted by Crippen LogP contribution is 2.32. The molecule has 1 N–H and O–H groups in total. The zero-order valence-corrected chi connectivity index (χ0v) is 8.86. The van der Waals surface area contributed by atoms with Crippen molar-refractivity contribution in [2.24, 2.45) is 0 Å². The molecule has 0 aromatic heterocycles. The summed E-state index contributed by atoms with van der Waals surface area (Å²) in [5.41, 5.74) is 0.175. The van der Waals surface area contributed by atoms with Crippen LogP contribution in [0.1, 0.15) is 18.5 Å². The molecule has 0 aliphatic heterocycles. The van der Waals surface area contributed by atoms with Gasteiger partial charge in [0.05, 0.1) is 0 Å². The standard InChI is InChI=1S/C10H11ClF3N/c1-2-15-9(10(12,13)14)7-3-5-8(11)6-4-7/h3-6,9,15H,2H2,1H3/t9-/m1/s1. The topological polar surface area (TPSA) is 12.0 Å². The van der Waals surface area contributed by atoms with E-state index in [2.05, 4.69) is 5.32 Å². The SMILES string of the molecule is CCN[C@H](c1ccc(Cl)cc1)C(F)(F)F. The highest BCUT2D eigenvalue weighted by Gasteiger charge is 2.39. The molecule has 0 amide bonds. The fourth-order valence-corrected chi connectivity index (χ4v) is 1.41. The van der Waals surface area contributed by atoms with Crippen LogP contribution in [0.2, 0.25) is 5.02 Å². The van der Waals surface area contributed by atoms with Crippen molar-refractivity contribution in [1.82, 2.24) is 5.32 Å². The van der Waals surface area contributed by atoms with Crippen LogP contribution in [0.4, 0.5) is 13.2 Å². The molecule has 1 atom stereocenters. The predicted molar refractivity (Wildman–Crippen MR) is 53.9 cm³/mol. The Labute approximate surface area is 91.2 Å². The van der Waals surface area contributed by atoms with Gasteiger partial charge in [0.2, 0.25) is 0 Å². The maximum Gasteiger partial charge on any atom is 0.407 e. The molecule has 1 aromatic carbocycles. The first kappa shape index (κ1) is 12.3. The van der Waals surface area contributed by atoms with E-state index in [1.807, 2.05) is 0 Å². The van der Waals surface area contributed by atoms with Gasteiger partial charge in [0.15, 0.2) is 0 Å².